The van der Waals surface area contributed by atoms with E-state index in [0.717, 1.165) is 13.8 Å². The Morgan fingerprint density at radius 3 is 1.50 bits per heavy atom. The molecule has 0 bridgehead atoms. The Labute approximate surface area is 174 Å². The van der Waals surface area contributed by atoms with E-state index in [1.165, 1.54) is 6.92 Å². The molecule has 0 aliphatic heterocycles. The normalized spacial score (nSPS) is 16.2. The standard InChI is InChI=1S/C17H21F13O2/c1-5-9(2)10(31)32-8-11(3,4)6-7-12(18,19)13(20,21)14(22,23)15(24,25)16(26,27)17(28,29)30/h9H,5-8H2,1-4H3. The molecule has 192 valence electrons. The van der Waals surface area contributed by atoms with E-state index < -0.39 is 72.5 Å². The molecule has 0 rings (SSSR count). The number of hydrogen-bond donors (Lipinski definition) is 0. The van der Waals surface area contributed by atoms with Crippen molar-refractivity contribution in [3.8, 4) is 0 Å². The highest BCUT2D eigenvalue weighted by molar-refractivity contribution is 5.71. The van der Waals surface area contributed by atoms with Gasteiger partial charge in [0.15, 0.2) is 0 Å². The van der Waals surface area contributed by atoms with Crippen LogP contribution >= 0.6 is 0 Å². The van der Waals surface area contributed by atoms with Crippen molar-refractivity contribution < 1.29 is 66.6 Å². The summed E-state index contributed by atoms with van der Waals surface area (Å²) >= 11 is 0. The molecule has 0 fully saturated rings. The second-order valence-electron chi connectivity index (χ2n) is 8.08. The number of esters is 1. The van der Waals surface area contributed by atoms with E-state index in [1.54, 1.807) is 6.92 Å². The van der Waals surface area contributed by atoms with Crippen LogP contribution in [0.25, 0.3) is 0 Å². The van der Waals surface area contributed by atoms with E-state index in [2.05, 4.69) is 0 Å². The molecular formula is C17H21F13O2. The van der Waals surface area contributed by atoms with Crippen LogP contribution in [-0.2, 0) is 9.53 Å². The van der Waals surface area contributed by atoms with Crippen LogP contribution in [0.3, 0.4) is 0 Å². The molecule has 32 heavy (non-hydrogen) atoms. The molecular weight excluding hydrogens is 483 g/mol. The molecule has 15 heteroatoms. The average Bonchev–Trinajstić information content (AvgIpc) is 2.62. The Morgan fingerprint density at radius 2 is 1.12 bits per heavy atom. The van der Waals surface area contributed by atoms with Crippen LogP contribution in [0.5, 0.6) is 0 Å². The molecule has 0 spiro atoms. The second-order valence-corrected chi connectivity index (χ2v) is 8.08. The molecule has 0 saturated carbocycles. The number of carbonyl (C=O) groups excluding carboxylic acids is 1. The van der Waals surface area contributed by atoms with E-state index in [-0.39, 0.29) is 0 Å². The van der Waals surface area contributed by atoms with Gasteiger partial charge in [-0.05, 0) is 18.3 Å². The zero-order valence-corrected chi connectivity index (χ0v) is 17.1. The van der Waals surface area contributed by atoms with Crippen molar-refractivity contribution in [1.29, 1.82) is 0 Å². The zero-order valence-electron chi connectivity index (χ0n) is 17.1. The first-order valence-electron chi connectivity index (χ1n) is 8.95. The van der Waals surface area contributed by atoms with Gasteiger partial charge in [-0.25, -0.2) is 0 Å². The maximum absolute atomic E-state index is 13.8. The third-order valence-corrected chi connectivity index (χ3v) is 4.73. The Kier molecular flexibility index (Phi) is 8.66. The van der Waals surface area contributed by atoms with E-state index in [0.29, 0.717) is 6.42 Å². The fourth-order valence-corrected chi connectivity index (χ4v) is 2.10. The fraction of sp³-hybridized carbons (Fsp3) is 0.941. The molecule has 1 unspecified atom stereocenters. The fourth-order valence-electron chi connectivity index (χ4n) is 2.10. The van der Waals surface area contributed by atoms with Crippen LogP contribution in [0.4, 0.5) is 57.1 Å². The van der Waals surface area contributed by atoms with Gasteiger partial charge < -0.3 is 4.74 Å². The molecule has 0 N–H and O–H groups in total. The topological polar surface area (TPSA) is 26.3 Å². The van der Waals surface area contributed by atoms with Gasteiger partial charge in [0.05, 0.1) is 12.5 Å². The van der Waals surface area contributed by atoms with E-state index in [1.807, 2.05) is 0 Å². The number of rotatable bonds is 11. The maximum Gasteiger partial charge on any atom is 0.460 e. The summed E-state index contributed by atoms with van der Waals surface area (Å²) in [7, 11) is 0. The molecule has 1 atom stereocenters. The van der Waals surface area contributed by atoms with E-state index in [9.17, 15) is 61.9 Å². The number of halogens is 13. The van der Waals surface area contributed by atoms with Gasteiger partial charge in [-0.2, -0.15) is 57.1 Å². The Balaban J connectivity index is 5.70. The van der Waals surface area contributed by atoms with Crippen LogP contribution < -0.4 is 0 Å². The van der Waals surface area contributed by atoms with Crippen LogP contribution in [0.1, 0.15) is 47.0 Å². The SMILES string of the molecule is CCC(C)C(=O)OCC(C)(C)CCC(F)(F)C(F)(F)C(F)(F)C(F)(F)C(F)(F)C(F)(F)F. The predicted octanol–water partition coefficient (Wildman–Crippen LogP) is 7.12. The highest BCUT2D eigenvalue weighted by Gasteiger charge is 2.90. The van der Waals surface area contributed by atoms with Gasteiger partial charge in [-0.3, -0.25) is 4.79 Å². The monoisotopic (exact) mass is 504 g/mol. The van der Waals surface area contributed by atoms with E-state index >= 15 is 0 Å². The van der Waals surface area contributed by atoms with Gasteiger partial charge in [0.1, 0.15) is 0 Å². The summed E-state index contributed by atoms with van der Waals surface area (Å²) in [5.41, 5.74) is -1.60. The predicted molar refractivity (Wildman–Crippen MR) is 84.2 cm³/mol. The minimum atomic E-state index is -7.91. The van der Waals surface area contributed by atoms with Gasteiger partial charge in [-0.1, -0.05) is 27.7 Å². The lowest BCUT2D eigenvalue weighted by Gasteiger charge is -2.40. The first-order chi connectivity index (χ1) is 13.8. The number of hydrogen-bond acceptors (Lipinski definition) is 2. The summed E-state index contributed by atoms with van der Waals surface area (Å²) in [5, 5.41) is 0. The quantitative estimate of drug-likeness (QED) is 0.221. The molecule has 0 radical (unpaired) electrons. The first kappa shape index (κ1) is 30.6. The molecule has 0 saturated heterocycles. The lowest BCUT2D eigenvalue weighted by atomic mass is 9.84. The van der Waals surface area contributed by atoms with Crippen LogP contribution in [0.15, 0.2) is 0 Å². The summed E-state index contributed by atoms with van der Waals surface area (Å²) in [4.78, 5) is 11.6. The van der Waals surface area contributed by atoms with Crippen molar-refractivity contribution in [2.75, 3.05) is 6.61 Å². The van der Waals surface area contributed by atoms with Gasteiger partial charge in [0, 0.05) is 6.42 Å². The maximum atomic E-state index is 13.8. The summed E-state index contributed by atoms with van der Waals surface area (Å²) in [5.74, 6) is -38.3. The van der Waals surface area contributed by atoms with Crippen LogP contribution in [0.2, 0.25) is 0 Å². The van der Waals surface area contributed by atoms with Gasteiger partial charge in [-0.15, -0.1) is 0 Å². The zero-order chi connectivity index (χ0) is 26.2. The summed E-state index contributed by atoms with van der Waals surface area (Å²) in [6.45, 7) is 4.45. The average molecular weight is 504 g/mol. The largest absolute Gasteiger partial charge is 0.465 e. The molecule has 0 aliphatic carbocycles. The number of carbonyl (C=O) groups is 1. The Hall–Kier alpha value is -1.44. The molecule has 0 heterocycles. The molecule has 0 aromatic heterocycles. The van der Waals surface area contributed by atoms with E-state index in [4.69, 9.17) is 4.74 Å². The summed E-state index contributed by atoms with van der Waals surface area (Å²) < 4.78 is 175. The summed E-state index contributed by atoms with van der Waals surface area (Å²) in [6, 6.07) is 0. The summed E-state index contributed by atoms with van der Waals surface area (Å²) in [6.07, 6.45) is -10.6. The van der Waals surface area contributed by atoms with Crippen LogP contribution in [-0.4, -0.2) is 48.4 Å². The van der Waals surface area contributed by atoms with Crippen LogP contribution in [0, 0.1) is 11.3 Å². The number of ether oxygens (including phenoxy) is 1. The molecule has 0 aromatic carbocycles. The van der Waals surface area contributed by atoms with Gasteiger partial charge in [0.25, 0.3) is 0 Å². The highest BCUT2D eigenvalue weighted by Crippen LogP contribution is 2.61. The van der Waals surface area contributed by atoms with Gasteiger partial charge >= 0.3 is 41.8 Å². The second kappa shape index (κ2) is 9.07. The van der Waals surface area contributed by atoms with Crippen molar-refractivity contribution in [1.82, 2.24) is 0 Å². The Morgan fingerprint density at radius 1 is 0.719 bits per heavy atom. The molecule has 0 aromatic rings. The number of alkyl halides is 13. The van der Waals surface area contributed by atoms with Crippen molar-refractivity contribution in [3.63, 3.8) is 0 Å². The molecule has 0 aliphatic rings. The van der Waals surface area contributed by atoms with Gasteiger partial charge in [0.2, 0.25) is 0 Å². The molecule has 0 amide bonds. The minimum Gasteiger partial charge on any atom is -0.465 e. The lowest BCUT2D eigenvalue weighted by molar-refractivity contribution is -0.440. The van der Waals surface area contributed by atoms with Crippen molar-refractivity contribution >= 4 is 5.97 Å². The first-order valence-corrected chi connectivity index (χ1v) is 8.95. The Bertz CT molecular complexity index is 653. The van der Waals surface area contributed by atoms with Crippen molar-refractivity contribution in [3.05, 3.63) is 0 Å². The lowest BCUT2D eigenvalue weighted by Crippen LogP contribution is -2.70. The minimum absolute atomic E-state index is 0.315. The highest BCUT2D eigenvalue weighted by atomic mass is 19.4. The van der Waals surface area contributed by atoms with Crippen molar-refractivity contribution in [2.45, 2.75) is 82.7 Å². The molecule has 2 nitrogen and oxygen atoms in total. The van der Waals surface area contributed by atoms with Crippen molar-refractivity contribution in [2.24, 2.45) is 11.3 Å². The smallest absolute Gasteiger partial charge is 0.460 e. The third-order valence-electron chi connectivity index (χ3n) is 4.73. The third kappa shape index (κ3) is 5.54.